The van der Waals surface area contributed by atoms with Crippen molar-refractivity contribution < 1.29 is 14.5 Å². The van der Waals surface area contributed by atoms with Crippen LogP contribution in [0.2, 0.25) is 0 Å². The second-order valence-electron chi connectivity index (χ2n) is 6.06. The van der Waals surface area contributed by atoms with Crippen LogP contribution in [0.25, 0.3) is 0 Å². The monoisotopic (exact) mass is 355 g/mol. The van der Waals surface area contributed by atoms with E-state index in [1.165, 1.54) is 12.1 Å². The normalized spacial score (nSPS) is 10.4. The van der Waals surface area contributed by atoms with Gasteiger partial charge in [0, 0.05) is 36.2 Å². The number of anilines is 1. The minimum Gasteiger partial charge on any atom is -0.378 e. The quantitative estimate of drug-likeness (QED) is 0.328. The molecule has 0 saturated heterocycles. The Morgan fingerprint density at radius 3 is 2.35 bits per heavy atom. The summed E-state index contributed by atoms with van der Waals surface area (Å²) in [7, 11) is 0. The molecule has 2 rings (SSSR count). The lowest BCUT2D eigenvalue weighted by molar-refractivity contribution is -0.384. The van der Waals surface area contributed by atoms with E-state index in [4.69, 9.17) is 0 Å². The molecule has 0 spiro atoms. The van der Waals surface area contributed by atoms with Gasteiger partial charge in [-0.05, 0) is 12.1 Å². The summed E-state index contributed by atoms with van der Waals surface area (Å²) in [5, 5.41) is 17.0. The number of benzene rings is 2. The molecular formula is C19H21N3O4. The van der Waals surface area contributed by atoms with E-state index in [9.17, 15) is 19.7 Å². The molecule has 7 heteroatoms. The molecule has 0 heterocycles. The SMILES string of the molecule is CC(C)C(=O)NCCNc1ccc(C(=O)c2ccccc2)cc1[N+](=O)[O-]. The summed E-state index contributed by atoms with van der Waals surface area (Å²) in [5.41, 5.74) is 0.848. The van der Waals surface area contributed by atoms with Gasteiger partial charge < -0.3 is 10.6 Å². The van der Waals surface area contributed by atoms with E-state index in [0.29, 0.717) is 24.3 Å². The Hall–Kier alpha value is -3.22. The Balaban J connectivity index is 2.10. The zero-order valence-corrected chi connectivity index (χ0v) is 14.7. The van der Waals surface area contributed by atoms with Crippen LogP contribution >= 0.6 is 0 Å². The first-order chi connectivity index (χ1) is 12.4. The number of hydrogen-bond acceptors (Lipinski definition) is 5. The number of nitro benzene ring substituents is 1. The molecule has 0 aliphatic heterocycles. The van der Waals surface area contributed by atoms with Crippen LogP contribution < -0.4 is 10.6 Å². The zero-order valence-electron chi connectivity index (χ0n) is 14.7. The van der Waals surface area contributed by atoms with E-state index in [1.807, 2.05) is 0 Å². The first-order valence-electron chi connectivity index (χ1n) is 8.30. The molecule has 0 aromatic heterocycles. The third-order valence-corrected chi connectivity index (χ3v) is 3.76. The van der Waals surface area contributed by atoms with E-state index in [0.717, 1.165) is 0 Å². The Bertz CT molecular complexity index is 804. The number of carbonyl (C=O) groups excluding carboxylic acids is 2. The van der Waals surface area contributed by atoms with Crippen LogP contribution in [0.4, 0.5) is 11.4 Å². The van der Waals surface area contributed by atoms with Crippen molar-refractivity contribution >= 4 is 23.1 Å². The zero-order chi connectivity index (χ0) is 19.1. The summed E-state index contributed by atoms with van der Waals surface area (Å²) < 4.78 is 0. The number of nitro groups is 1. The van der Waals surface area contributed by atoms with Crippen LogP contribution in [-0.2, 0) is 4.79 Å². The van der Waals surface area contributed by atoms with E-state index >= 15 is 0 Å². The molecule has 2 aromatic carbocycles. The summed E-state index contributed by atoms with van der Waals surface area (Å²) in [6, 6.07) is 12.9. The van der Waals surface area contributed by atoms with Gasteiger partial charge in [-0.2, -0.15) is 0 Å². The van der Waals surface area contributed by atoms with Gasteiger partial charge in [-0.3, -0.25) is 19.7 Å². The van der Waals surface area contributed by atoms with Crippen molar-refractivity contribution in [1.82, 2.24) is 5.32 Å². The van der Waals surface area contributed by atoms with Gasteiger partial charge in [0.05, 0.1) is 4.92 Å². The highest BCUT2D eigenvalue weighted by atomic mass is 16.6. The number of nitrogens with zero attached hydrogens (tertiary/aromatic N) is 1. The lowest BCUT2D eigenvalue weighted by Gasteiger charge is -2.10. The maximum Gasteiger partial charge on any atom is 0.293 e. The molecule has 0 fully saturated rings. The molecule has 0 aliphatic carbocycles. The first-order valence-corrected chi connectivity index (χ1v) is 8.30. The molecule has 1 amide bonds. The Kier molecular flexibility index (Phi) is 6.43. The van der Waals surface area contributed by atoms with Crippen molar-refractivity contribution in [3.05, 3.63) is 69.8 Å². The topological polar surface area (TPSA) is 101 Å². The second kappa shape index (κ2) is 8.75. The molecule has 7 nitrogen and oxygen atoms in total. The molecule has 0 unspecified atom stereocenters. The molecule has 0 atom stereocenters. The van der Waals surface area contributed by atoms with E-state index in [-0.39, 0.29) is 28.9 Å². The van der Waals surface area contributed by atoms with Gasteiger partial charge in [-0.1, -0.05) is 44.2 Å². The highest BCUT2D eigenvalue weighted by molar-refractivity contribution is 6.09. The number of ketones is 1. The highest BCUT2D eigenvalue weighted by Crippen LogP contribution is 2.26. The Morgan fingerprint density at radius 1 is 1.04 bits per heavy atom. The summed E-state index contributed by atoms with van der Waals surface area (Å²) in [5.74, 6) is -0.470. The standard InChI is InChI=1S/C19H21N3O4/c1-13(2)19(24)21-11-10-20-16-9-8-15(12-17(16)22(25)26)18(23)14-6-4-3-5-7-14/h3-9,12-13,20H,10-11H2,1-2H3,(H,21,24). The predicted molar refractivity (Wildman–Crippen MR) is 99.3 cm³/mol. The van der Waals surface area contributed by atoms with Gasteiger partial charge in [0.1, 0.15) is 5.69 Å². The molecule has 0 aliphatic rings. The van der Waals surface area contributed by atoms with Crippen molar-refractivity contribution in [3.63, 3.8) is 0 Å². The number of amides is 1. The van der Waals surface area contributed by atoms with Crippen LogP contribution in [0, 0.1) is 16.0 Å². The smallest absolute Gasteiger partial charge is 0.293 e. The van der Waals surface area contributed by atoms with Crippen molar-refractivity contribution in [3.8, 4) is 0 Å². The minimum absolute atomic E-state index is 0.0786. The van der Waals surface area contributed by atoms with E-state index in [1.54, 1.807) is 50.2 Å². The van der Waals surface area contributed by atoms with Crippen molar-refractivity contribution in [2.75, 3.05) is 18.4 Å². The van der Waals surface area contributed by atoms with Crippen molar-refractivity contribution in [2.45, 2.75) is 13.8 Å². The fourth-order valence-electron chi connectivity index (χ4n) is 2.32. The third-order valence-electron chi connectivity index (χ3n) is 3.76. The van der Waals surface area contributed by atoms with Crippen LogP contribution in [0.1, 0.15) is 29.8 Å². The van der Waals surface area contributed by atoms with Crippen molar-refractivity contribution in [2.24, 2.45) is 5.92 Å². The molecule has 2 aromatic rings. The molecule has 136 valence electrons. The molecular weight excluding hydrogens is 334 g/mol. The van der Waals surface area contributed by atoms with Gasteiger partial charge in [0.25, 0.3) is 5.69 Å². The lowest BCUT2D eigenvalue weighted by Crippen LogP contribution is -2.31. The average Bonchev–Trinajstić information content (AvgIpc) is 2.65. The van der Waals surface area contributed by atoms with Gasteiger partial charge in [0.15, 0.2) is 5.78 Å². The van der Waals surface area contributed by atoms with E-state index < -0.39 is 4.92 Å². The molecule has 2 N–H and O–H groups in total. The van der Waals surface area contributed by atoms with Crippen LogP contribution in [0.5, 0.6) is 0 Å². The third kappa shape index (κ3) is 4.89. The van der Waals surface area contributed by atoms with Crippen LogP contribution in [0.3, 0.4) is 0 Å². The number of rotatable bonds is 8. The van der Waals surface area contributed by atoms with Crippen molar-refractivity contribution in [1.29, 1.82) is 0 Å². The number of nitrogens with one attached hydrogen (secondary N) is 2. The molecule has 0 bridgehead atoms. The predicted octanol–water partition coefficient (Wildman–Crippen LogP) is 3.01. The Morgan fingerprint density at radius 2 is 1.73 bits per heavy atom. The minimum atomic E-state index is -0.531. The van der Waals surface area contributed by atoms with Gasteiger partial charge in [-0.25, -0.2) is 0 Å². The Labute approximate surface area is 151 Å². The second-order valence-corrected chi connectivity index (χ2v) is 6.06. The maximum absolute atomic E-state index is 12.4. The number of carbonyl (C=O) groups is 2. The fourth-order valence-corrected chi connectivity index (χ4v) is 2.32. The van der Waals surface area contributed by atoms with E-state index in [2.05, 4.69) is 10.6 Å². The summed E-state index contributed by atoms with van der Waals surface area (Å²) >= 11 is 0. The molecule has 0 saturated carbocycles. The molecule has 26 heavy (non-hydrogen) atoms. The molecule has 0 radical (unpaired) electrons. The summed E-state index contributed by atoms with van der Waals surface area (Å²) in [6.45, 7) is 4.26. The van der Waals surface area contributed by atoms with Crippen LogP contribution in [-0.4, -0.2) is 29.7 Å². The highest BCUT2D eigenvalue weighted by Gasteiger charge is 2.18. The first kappa shape index (κ1) is 19.1. The van der Waals surface area contributed by atoms with Gasteiger partial charge in [-0.15, -0.1) is 0 Å². The van der Waals surface area contributed by atoms with Gasteiger partial charge in [0.2, 0.25) is 5.91 Å². The van der Waals surface area contributed by atoms with Crippen LogP contribution in [0.15, 0.2) is 48.5 Å². The van der Waals surface area contributed by atoms with Gasteiger partial charge >= 0.3 is 0 Å². The number of hydrogen-bond donors (Lipinski definition) is 2. The largest absolute Gasteiger partial charge is 0.378 e. The summed E-state index contributed by atoms with van der Waals surface area (Å²) in [4.78, 5) is 34.8. The summed E-state index contributed by atoms with van der Waals surface area (Å²) in [6.07, 6.45) is 0. The average molecular weight is 355 g/mol. The maximum atomic E-state index is 12.4. The fraction of sp³-hybridized carbons (Fsp3) is 0.263. The lowest BCUT2D eigenvalue weighted by atomic mass is 10.0.